The summed E-state index contributed by atoms with van der Waals surface area (Å²) in [4.78, 5) is 45.4. The van der Waals surface area contributed by atoms with Crippen LogP contribution >= 0.6 is 69.9 Å². The summed E-state index contributed by atoms with van der Waals surface area (Å²) >= 11 is 25.9. The monoisotopic (exact) mass is 1070 g/mol. The highest BCUT2D eigenvalue weighted by molar-refractivity contribution is 7.99. The van der Waals surface area contributed by atoms with Gasteiger partial charge in [-0.3, -0.25) is 13.7 Å². The average molecular weight is 1070 g/mol. The number of rotatable bonds is 18. The quantitative estimate of drug-likeness (QED) is 0.0218. The summed E-state index contributed by atoms with van der Waals surface area (Å²) in [6.45, 7) is 0.620. The van der Waals surface area contributed by atoms with E-state index in [2.05, 4.69) is 76.4 Å². The minimum absolute atomic E-state index is 0.0399. The van der Waals surface area contributed by atoms with Gasteiger partial charge in [-0.25, -0.2) is 4.79 Å². The predicted molar refractivity (Wildman–Crippen MR) is 238 cm³/mol. The zero-order chi connectivity index (χ0) is 47.3. The van der Waals surface area contributed by atoms with Gasteiger partial charge in [-0.05, 0) is 88.9 Å². The van der Waals surface area contributed by atoms with Gasteiger partial charge in [-0.2, -0.15) is 75.2 Å². The van der Waals surface area contributed by atoms with E-state index in [0.717, 1.165) is 6.07 Å². The van der Waals surface area contributed by atoms with Crippen LogP contribution in [0.25, 0.3) is 10.8 Å². The topological polar surface area (TPSA) is 395 Å². The van der Waals surface area contributed by atoms with E-state index < -0.39 is 67.5 Å². The summed E-state index contributed by atoms with van der Waals surface area (Å²) in [7, 11) is -15.7. The van der Waals surface area contributed by atoms with E-state index >= 15 is 0 Å². The Morgan fingerprint density at radius 1 is 0.615 bits per heavy atom. The molecule has 342 valence electrons. The number of anilines is 5. The molecule has 0 aliphatic carbocycles. The molecule has 3 aromatic heterocycles. The average Bonchev–Trinajstić information content (AvgIpc) is 3.18. The lowest BCUT2D eigenvalue weighted by atomic mass is 10.1. The summed E-state index contributed by atoms with van der Waals surface area (Å²) in [5.74, 6) is 1.09. The molecule has 35 heteroatoms. The second kappa shape index (κ2) is 20.5. The number of fused-ring (bicyclic) bond motifs is 1. The maximum atomic E-state index is 12.4. The second-order valence-electron chi connectivity index (χ2n) is 12.1. The van der Waals surface area contributed by atoms with E-state index in [4.69, 9.17) is 52.1 Å². The number of hydrogen-bond acceptors (Lipinski definition) is 23. The minimum atomic E-state index is -5.30. The van der Waals surface area contributed by atoms with Crippen molar-refractivity contribution < 1.29 is 43.7 Å². The van der Waals surface area contributed by atoms with Gasteiger partial charge in [0.05, 0.1) is 16.3 Å². The van der Waals surface area contributed by atoms with E-state index in [9.17, 15) is 43.7 Å². The number of aromatic nitrogens is 9. The molecule has 0 fully saturated rings. The molecule has 65 heavy (non-hydrogen) atoms. The largest absolute Gasteiger partial charge is 0.353 e. The first-order valence-electron chi connectivity index (χ1n) is 17.1. The molecule has 0 unspecified atom stereocenters. The maximum Gasteiger partial charge on any atom is 0.316 e. The van der Waals surface area contributed by atoms with Crippen LogP contribution < -0.4 is 27.0 Å². The number of nitrogens with two attached hydrogens (primary N) is 1. The predicted octanol–water partition coefficient (Wildman–Crippen LogP) is 5.81. The number of carbonyl (C=O) groups excluding carboxylic acids is 1. The Labute approximate surface area is 394 Å². The molecule has 26 nitrogen and oxygen atoms in total. The van der Waals surface area contributed by atoms with Crippen LogP contribution in [0.15, 0.2) is 77.7 Å². The Bertz CT molecular complexity index is 3100. The van der Waals surface area contributed by atoms with Crippen LogP contribution in [0.4, 0.5) is 45.4 Å². The number of nitrogens with one attached hydrogen (secondary N) is 4. The Morgan fingerprint density at radius 2 is 1.12 bits per heavy atom. The van der Waals surface area contributed by atoms with Crippen molar-refractivity contribution in [3.63, 3.8) is 0 Å². The van der Waals surface area contributed by atoms with Gasteiger partial charge in [-0.1, -0.05) is 23.5 Å². The van der Waals surface area contributed by atoms with E-state index in [1.807, 2.05) is 0 Å². The minimum Gasteiger partial charge on any atom is -0.353 e. The number of primary amides is 1. The van der Waals surface area contributed by atoms with E-state index in [0.29, 0.717) is 42.8 Å². The fraction of sp³-hybridized carbons (Fsp3) is 0.133. The van der Waals surface area contributed by atoms with Crippen molar-refractivity contribution >= 4 is 158 Å². The Hall–Kier alpha value is -5.19. The lowest BCUT2D eigenvalue weighted by Crippen LogP contribution is -2.19. The van der Waals surface area contributed by atoms with Gasteiger partial charge in [0.1, 0.15) is 15.5 Å². The SMILES string of the molecule is NC(=O)Nc1cc(Nc2nc(SCCNc3nc(Cl)nc(Cl)n3)nc(SCCNc3nc(Cl)nc(Cl)n3)n2)ccc1N=Nc1cc(S(=O)(=O)O)c2cc(S(=O)(=O)O)cc(S(=O)(=O)O)c2c1. The normalized spacial score (nSPS) is 12.1. The van der Waals surface area contributed by atoms with Gasteiger partial charge in [0.2, 0.25) is 39.0 Å². The molecule has 6 rings (SSSR count). The molecule has 0 spiro atoms. The van der Waals surface area contributed by atoms with Crippen LogP contribution in [-0.2, 0) is 30.4 Å². The molecule has 0 aliphatic rings. The second-order valence-corrected chi connectivity index (χ2v) is 19.8. The summed E-state index contributed by atoms with van der Waals surface area (Å²) in [5, 5.41) is 18.0. The number of nitrogens with zero attached hydrogens (tertiary/aromatic N) is 11. The number of amides is 2. The van der Waals surface area contributed by atoms with Crippen LogP contribution in [-0.4, -0.2) is 114 Å². The fourth-order valence-electron chi connectivity index (χ4n) is 5.11. The van der Waals surface area contributed by atoms with Gasteiger partial charge >= 0.3 is 6.03 Å². The zero-order valence-corrected chi connectivity index (χ0v) is 38.7. The molecule has 0 saturated heterocycles. The van der Waals surface area contributed by atoms with Gasteiger partial charge in [0.15, 0.2) is 10.3 Å². The molecule has 3 aromatic carbocycles. The zero-order valence-electron chi connectivity index (χ0n) is 31.6. The van der Waals surface area contributed by atoms with Crippen molar-refractivity contribution in [1.29, 1.82) is 0 Å². The smallest absolute Gasteiger partial charge is 0.316 e. The van der Waals surface area contributed by atoms with E-state index in [-0.39, 0.29) is 66.4 Å². The highest BCUT2D eigenvalue weighted by atomic mass is 35.5. The van der Waals surface area contributed by atoms with Gasteiger partial charge in [-0.15, -0.1) is 5.11 Å². The number of carbonyl (C=O) groups is 1. The molecule has 0 atom stereocenters. The van der Waals surface area contributed by atoms with E-state index in [1.165, 1.54) is 41.7 Å². The van der Waals surface area contributed by atoms with Crippen molar-refractivity contribution in [3.8, 4) is 0 Å². The molecule has 0 aliphatic heterocycles. The highest BCUT2D eigenvalue weighted by Crippen LogP contribution is 2.37. The molecule has 9 N–H and O–H groups in total. The Balaban J connectivity index is 1.28. The van der Waals surface area contributed by atoms with Gasteiger partial charge in [0.25, 0.3) is 30.4 Å². The van der Waals surface area contributed by atoms with Gasteiger partial charge in [0, 0.05) is 41.1 Å². The number of urea groups is 1. The molecular formula is C30H24Cl4N16O10S5. The first-order chi connectivity index (χ1) is 30.5. The number of benzene rings is 3. The lowest BCUT2D eigenvalue weighted by Gasteiger charge is -2.12. The van der Waals surface area contributed by atoms with Crippen molar-refractivity contribution in [3.05, 3.63) is 63.6 Å². The third kappa shape index (κ3) is 13.9. The molecule has 2 amide bonds. The van der Waals surface area contributed by atoms with Crippen LogP contribution in [0.1, 0.15) is 0 Å². The van der Waals surface area contributed by atoms with Crippen LogP contribution in [0.5, 0.6) is 0 Å². The number of hydrogen-bond donors (Lipinski definition) is 8. The lowest BCUT2D eigenvalue weighted by molar-refractivity contribution is 0.259. The first-order valence-corrected chi connectivity index (χ1v) is 24.9. The van der Waals surface area contributed by atoms with Crippen molar-refractivity contribution in [2.75, 3.05) is 45.9 Å². The van der Waals surface area contributed by atoms with Crippen LogP contribution in [0.3, 0.4) is 0 Å². The molecule has 0 radical (unpaired) electrons. The Morgan fingerprint density at radius 3 is 1.62 bits per heavy atom. The number of azo groups is 1. The first kappa shape index (κ1) is 49.2. The fourth-order valence-corrected chi connectivity index (χ4v) is 9.32. The third-order valence-corrected chi connectivity index (χ3v) is 12.6. The summed E-state index contributed by atoms with van der Waals surface area (Å²) < 4.78 is 103. The summed E-state index contributed by atoms with van der Waals surface area (Å²) in [6.07, 6.45) is 0. The molecule has 3 heterocycles. The van der Waals surface area contributed by atoms with Crippen LogP contribution in [0.2, 0.25) is 21.1 Å². The van der Waals surface area contributed by atoms with Crippen molar-refractivity contribution in [2.24, 2.45) is 16.0 Å². The van der Waals surface area contributed by atoms with E-state index in [1.54, 1.807) is 0 Å². The maximum absolute atomic E-state index is 12.4. The molecular weight excluding hydrogens is 1050 g/mol. The van der Waals surface area contributed by atoms with Crippen molar-refractivity contribution in [2.45, 2.75) is 25.0 Å². The summed E-state index contributed by atoms with van der Waals surface area (Å²) in [6, 6.07) is 5.61. The molecule has 6 aromatic rings. The highest BCUT2D eigenvalue weighted by Gasteiger charge is 2.26. The number of halogens is 4. The van der Waals surface area contributed by atoms with Crippen LogP contribution in [0, 0.1) is 0 Å². The Kier molecular flexibility index (Phi) is 15.6. The third-order valence-electron chi connectivity index (χ3n) is 7.58. The van der Waals surface area contributed by atoms with Crippen molar-refractivity contribution in [1.82, 2.24) is 44.9 Å². The van der Waals surface area contributed by atoms with Gasteiger partial charge < -0.3 is 27.0 Å². The molecule has 0 saturated carbocycles. The summed E-state index contributed by atoms with van der Waals surface area (Å²) in [5.41, 5.74) is 5.04. The molecule has 0 bridgehead atoms. The number of thioether (sulfide) groups is 2. The standard InChI is InChI=1S/C30H24Cl4N16O10S5/c31-21-40-22(32)43-26(42-21)36-3-5-61-29-46-28(47-30(48-29)62-6-4-37-27-44-23(33)41-24(34)45-27)38-12-1-2-17(18(8-12)39-25(35)51)50-49-13-7-15-16(19(9-13)64(55,56)57)10-14(63(52,53)54)11-20(15)65(58,59)60/h1-2,7-11H,3-6H2,(H3,35,39,51)(H,52,53,54)(H,55,56,57)(H,58,59,60)(H,36,40,42,43)(H,37,41,44,45)(H,38,46,47,48).